The third-order valence-electron chi connectivity index (χ3n) is 7.67. The summed E-state index contributed by atoms with van der Waals surface area (Å²) < 4.78 is 63.1. The minimum Gasteiger partial charge on any atom is -0.459 e. The monoisotopic (exact) mass is 629 g/mol. The molecule has 0 atom stereocenters. The molecule has 2 aromatic carbocycles. The Morgan fingerprint density at radius 3 is 2.46 bits per heavy atom. The fourth-order valence-electron chi connectivity index (χ4n) is 5.21. The quantitative estimate of drug-likeness (QED) is 0.155. The highest BCUT2D eigenvalue weighted by atomic mass is 19.3. The number of alkyl halides is 2. The van der Waals surface area contributed by atoms with E-state index in [-0.39, 0.29) is 36.8 Å². The van der Waals surface area contributed by atoms with E-state index in [0.717, 1.165) is 0 Å². The third-order valence-corrected chi connectivity index (χ3v) is 7.67. The number of fused-ring (bicyclic) bond motifs is 1. The predicted octanol–water partition coefficient (Wildman–Crippen LogP) is 6.62. The molecule has 1 saturated heterocycles. The van der Waals surface area contributed by atoms with E-state index in [1.165, 1.54) is 41.6 Å². The number of rotatable bonds is 7. The van der Waals surface area contributed by atoms with Gasteiger partial charge in [0.1, 0.15) is 28.7 Å². The van der Waals surface area contributed by atoms with Gasteiger partial charge in [-0.05, 0) is 65.7 Å². The number of furan rings is 1. The van der Waals surface area contributed by atoms with Crippen molar-refractivity contribution < 1.29 is 31.6 Å². The predicted molar refractivity (Wildman–Crippen MR) is 164 cm³/mol. The zero-order valence-corrected chi connectivity index (χ0v) is 24.3. The maximum absolute atomic E-state index is 15.9. The van der Waals surface area contributed by atoms with Crippen molar-refractivity contribution in [1.29, 1.82) is 0 Å². The van der Waals surface area contributed by atoms with Crippen LogP contribution in [0.2, 0.25) is 0 Å². The minimum atomic E-state index is -2.86. The van der Waals surface area contributed by atoms with Crippen molar-refractivity contribution in [3.05, 3.63) is 108 Å². The molecule has 4 heterocycles. The number of nitrogens with zero attached hydrogens (tertiary/aromatic N) is 3. The summed E-state index contributed by atoms with van der Waals surface area (Å²) in [7, 11) is 0. The van der Waals surface area contributed by atoms with E-state index >= 15 is 4.39 Å². The number of nitrogens with one attached hydrogen (secondary N) is 1. The Labute approximate surface area is 260 Å². The normalized spacial score (nSPS) is 14.6. The molecule has 0 bridgehead atoms. The largest absolute Gasteiger partial charge is 0.459 e. The lowest BCUT2D eigenvalue weighted by Gasteiger charge is -2.31. The van der Waals surface area contributed by atoms with Gasteiger partial charge in [-0.25, -0.2) is 22.5 Å². The van der Waals surface area contributed by atoms with E-state index in [0.29, 0.717) is 44.8 Å². The Bertz CT molecular complexity index is 1950. The summed E-state index contributed by atoms with van der Waals surface area (Å²) in [5.74, 6) is -4.53. The molecule has 0 radical (unpaired) electrons. The molecule has 5 aromatic rings. The number of piperidine rings is 1. The van der Waals surface area contributed by atoms with Gasteiger partial charge in [-0.1, -0.05) is 12.1 Å². The van der Waals surface area contributed by atoms with Crippen LogP contribution in [0.1, 0.15) is 34.5 Å². The molecule has 8 nitrogen and oxygen atoms in total. The second kappa shape index (κ2) is 12.5. The van der Waals surface area contributed by atoms with E-state index in [4.69, 9.17) is 10.2 Å². The molecule has 12 heteroatoms. The van der Waals surface area contributed by atoms with Crippen molar-refractivity contribution in [2.45, 2.75) is 25.3 Å². The van der Waals surface area contributed by atoms with E-state index in [1.54, 1.807) is 48.5 Å². The summed E-state index contributed by atoms with van der Waals surface area (Å²) in [6, 6.07) is 15.1. The number of hydrogen-bond donors (Lipinski definition) is 2. The summed E-state index contributed by atoms with van der Waals surface area (Å²) in [5, 5.41) is 3.29. The molecule has 0 spiro atoms. The first-order valence-electron chi connectivity index (χ1n) is 14.4. The molecule has 3 aromatic heterocycles. The molecule has 0 unspecified atom stereocenters. The highest BCUT2D eigenvalue weighted by molar-refractivity contribution is 5.99. The number of anilines is 1. The number of likely N-dealkylation sites (tertiary alicyclic amines) is 1. The lowest BCUT2D eigenvalue weighted by molar-refractivity contribution is -0.116. The van der Waals surface area contributed by atoms with Crippen LogP contribution in [0.3, 0.4) is 0 Å². The maximum Gasteiger partial charge on any atom is 0.256 e. The van der Waals surface area contributed by atoms with Gasteiger partial charge in [0.15, 0.2) is 5.82 Å². The molecule has 3 N–H and O–H groups in total. The fraction of sp³-hybridized carbons (Fsp3) is 0.176. The smallest absolute Gasteiger partial charge is 0.256 e. The number of hydrogen-bond acceptors (Lipinski definition) is 6. The van der Waals surface area contributed by atoms with E-state index in [2.05, 4.69) is 15.3 Å². The second-order valence-corrected chi connectivity index (χ2v) is 10.9. The lowest BCUT2D eigenvalue weighted by atomic mass is 9.97. The number of nitrogens with two attached hydrogens (primary N) is 1. The van der Waals surface area contributed by atoms with Crippen LogP contribution in [-0.4, -0.2) is 45.7 Å². The van der Waals surface area contributed by atoms with E-state index in [9.17, 15) is 22.8 Å². The Balaban J connectivity index is 1.31. The van der Waals surface area contributed by atoms with Crippen molar-refractivity contribution in [3.8, 4) is 22.4 Å². The molecule has 0 aliphatic carbocycles. The van der Waals surface area contributed by atoms with Crippen LogP contribution in [-0.2, 0) is 11.3 Å². The number of carbonyl (C=O) groups is 2. The van der Waals surface area contributed by atoms with Crippen LogP contribution in [0.15, 0.2) is 83.6 Å². The average Bonchev–Trinajstić information content (AvgIpc) is 3.46. The van der Waals surface area contributed by atoms with Gasteiger partial charge in [-0.15, -0.1) is 0 Å². The van der Waals surface area contributed by atoms with Gasteiger partial charge in [0.05, 0.1) is 12.1 Å². The second-order valence-electron chi connectivity index (χ2n) is 10.9. The number of amides is 2. The summed E-state index contributed by atoms with van der Waals surface area (Å²) >= 11 is 0. The zero-order chi connectivity index (χ0) is 32.4. The summed E-state index contributed by atoms with van der Waals surface area (Å²) in [6.45, 7) is -0.347. The third kappa shape index (κ3) is 6.60. The summed E-state index contributed by atoms with van der Waals surface area (Å²) in [6.07, 6.45) is 4.77. The lowest BCUT2D eigenvalue weighted by Crippen LogP contribution is -2.43. The molecular formula is C34H27F4N5O3. The number of halogens is 4. The van der Waals surface area contributed by atoms with Crippen molar-refractivity contribution in [2.24, 2.45) is 0 Å². The molecule has 234 valence electrons. The van der Waals surface area contributed by atoms with Crippen LogP contribution in [0.25, 0.3) is 39.4 Å². The summed E-state index contributed by atoms with van der Waals surface area (Å²) in [4.78, 5) is 35.0. The fourth-order valence-corrected chi connectivity index (χ4v) is 5.21. The standard InChI is InChI=1S/C34H27F4N5O3/c35-24-5-3-21(4-6-24)27-17-22(31-30(36)26(9-12-40-31)33(45)43-13-10-34(37,38)11-14-43)15-23-16-25(46-32(23)27)19-42-29(44)8-2-20-1-7-28(39)41-18-20/h1-9,12,15-18H,10-11,13-14,19H2,(H2,39,41)(H,42,44)/b8-2+. The minimum absolute atomic E-state index is 0.0293. The number of aromatic nitrogens is 2. The van der Waals surface area contributed by atoms with Crippen molar-refractivity contribution in [1.82, 2.24) is 20.2 Å². The van der Waals surface area contributed by atoms with Gasteiger partial charge in [0.2, 0.25) is 5.91 Å². The highest BCUT2D eigenvalue weighted by Crippen LogP contribution is 2.37. The number of carbonyl (C=O) groups excluding carboxylic acids is 2. The number of nitrogen functional groups attached to an aromatic ring is 1. The van der Waals surface area contributed by atoms with Crippen molar-refractivity contribution in [3.63, 3.8) is 0 Å². The molecule has 1 fully saturated rings. The Kier molecular flexibility index (Phi) is 8.27. The summed E-state index contributed by atoms with van der Waals surface area (Å²) in [5.41, 5.74) is 7.65. The van der Waals surface area contributed by atoms with Crippen LogP contribution < -0.4 is 11.1 Å². The van der Waals surface area contributed by atoms with Gasteiger partial charge in [0, 0.05) is 60.9 Å². The molecule has 6 rings (SSSR count). The highest BCUT2D eigenvalue weighted by Gasteiger charge is 2.36. The molecule has 1 aliphatic heterocycles. The molecule has 2 amide bonds. The first kappa shape index (κ1) is 30.5. The maximum atomic E-state index is 15.9. The molecular weight excluding hydrogens is 602 g/mol. The number of benzene rings is 2. The van der Waals surface area contributed by atoms with Gasteiger partial charge in [0.25, 0.3) is 11.8 Å². The van der Waals surface area contributed by atoms with Gasteiger partial charge in [-0.3, -0.25) is 14.6 Å². The van der Waals surface area contributed by atoms with Gasteiger partial charge in [-0.2, -0.15) is 0 Å². The first-order chi connectivity index (χ1) is 22.1. The molecule has 1 aliphatic rings. The van der Waals surface area contributed by atoms with E-state index in [1.807, 2.05) is 0 Å². The SMILES string of the molecule is Nc1ccc(/C=C/C(=O)NCc2cc3cc(-c4nccc(C(=O)N5CCC(F)(F)CC5)c4F)cc(-c4ccc(F)cc4)c3o2)cn1. The Morgan fingerprint density at radius 2 is 1.74 bits per heavy atom. The molecule has 46 heavy (non-hydrogen) atoms. The van der Waals surface area contributed by atoms with E-state index < -0.39 is 36.3 Å². The van der Waals surface area contributed by atoms with Crippen LogP contribution in [0, 0.1) is 11.6 Å². The van der Waals surface area contributed by atoms with Crippen LogP contribution >= 0.6 is 0 Å². The topological polar surface area (TPSA) is 114 Å². The molecule has 0 saturated carbocycles. The first-order valence-corrected chi connectivity index (χ1v) is 14.4. The van der Waals surface area contributed by atoms with Crippen molar-refractivity contribution >= 4 is 34.7 Å². The zero-order valence-electron chi connectivity index (χ0n) is 24.3. The van der Waals surface area contributed by atoms with Gasteiger partial charge >= 0.3 is 0 Å². The van der Waals surface area contributed by atoms with Crippen molar-refractivity contribution in [2.75, 3.05) is 18.8 Å². The van der Waals surface area contributed by atoms with Crippen LogP contribution in [0.4, 0.5) is 23.4 Å². The Morgan fingerprint density at radius 1 is 0.978 bits per heavy atom. The number of pyridine rings is 2. The van der Waals surface area contributed by atoms with Crippen LogP contribution in [0.5, 0.6) is 0 Å². The Hall–Kier alpha value is -5.52. The average molecular weight is 630 g/mol. The van der Waals surface area contributed by atoms with Gasteiger partial charge < -0.3 is 20.4 Å².